The number of nitrogens with one attached hydrogen (secondary N) is 1. The van der Waals surface area contributed by atoms with Crippen LogP contribution in [-0.2, 0) is 16.1 Å². The molecule has 10 nitrogen and oxygen atoms in total. The second-order valence-electron chi connectivity index (χ2n) is 9.13. The van der Waals surface area contributed by atoms with Crippen molar-refractivity contribution in [2.45, 2.75) is 64.3 Å². The predicted molar refractivity (Wildman–Crippen MR) is 136 cm³/mol. The normalized spacial score (nSPS) is 18.5. The van der Waals surface area contributed by atoms with Crippen LogP contribution in [0.25, 0.3) is 17.0 Å². The van der Waals surface area contributed by atoms with Crippen molar-refractivity contribution in [3.63, 3.8) is 0 Å². The van der Waals surface area contributed by atoms with Gasteiger partial charge in [-0.1, -0.05) is 43.5 Å². The molecule has 0 saturated carbocycles. The van der Waals surface area contributed by atoms with Gasteiger partial charge >= 0.3 is 5.97 Å². The number of anilines is 1. The van der Waals surface area contributed by atoms with E-state index < -0.39 is 30.1 Å². The molecule has 1 aromatic carbocycles. The minimum Gasteiger partial charge on any atom is -0.480 e. The Morgan fingerprint density at radius 3 is 2.64 bits per heavy atom. The summed E-state index contributed by atoms with van der Waals surface area (Å²) in [6.07, 6.45) is 3.78. The van der Waals surface area contributed by atoms with Gasteiger partial charge in [0, 0.05) is 42.4 Å². The number of aryl methyl sites for hydroxylation is 1. The number of aliphatic carboxylic acids is 1. The van der Waals surface area contributed by atoms with Gasteiger partial charge in [0.05, 0.1) is 11.8 Å². The van der Waals surface area contributed by atoms with Crippen molar-refractivity contribution < 1.29 is 19.8 Å². The monoisotopic (exact) mass is 515 g/mol. The van der Waals surface area contributed by atoms with Crippen LogP contribution in [0.5, 0.6) is 0 Å². The number of carboxylic acid groups (broad SMARTS) is 1. The number of fused-ring (bicyclic) bond motifs is 1. The number of halogens is 1. The third-order valence-corrected chi connectivity index (χ3v) is 6.68. The van der Waals surface area contributed by atoms with Gasteiger partial charge in [-0.05, 0) is 25.5 Å². The maximum atomic E-state index is 13.2. The minimum absolute atomic E-state index is 0.122. The molecule has 0 aliphatic carbocycles. The number of benzene rings is 1. The van der Waals surface area contributed by atoms with Crippen molar-refractivity contribution in [3.8, 4) is 11.3 Å². The number of carbonyl (C=O) groups is 2. The largest absolute Gasteiger partial charge is 0.480 e. The van der Waals surface area contributed by atoms with E-state index in [1.54, 1.807) is 23.2 Å². The highest BCUT2D eigenvalue weighted by atomic mass is 35.5. The van der Waals surface area contributed by atoms with Crippen molar-refractivity contribution >= 4 is 35.1 Å². The third-order valence-electron chi connectivity index (χ3n) is 6.43. The van der Waals surface area contributed by atoms with Gasteiger partial charge < -0.3 is 20.4 Å². The van der Waals surface area contributed by atoms with Crippen LogP contribution in [0, 0.1) is 0 Å². The van der Waals surface area contributed by atoms with Crippen molar-refractivity contribution in [3.05, 3.63) is 51.9 Å². The number of nitrogens with zero attached hydrogens (tertiary/aromatic N) is 4. The van der Waals surface area contributed by atoms with Crippen LogP contribution in [-0.4, -0.2) is 60.8 Å². The van der Waals surface area contributed by atoms with Crippen LogP contribution in [0.2, 0.25) is 5.02 Å². The molecule has 1 aliphatic rings. The maximum Gasteiger partial charge on any atom is 0.325 e. The highest BCUT2D eigenvalue weighted by Gasteiger charge is 2.38. The zero-order valence-corrected chi connectivity index (χ0v) is 21.0. The number of aliphatic hydroxyl groups excluding tert-OH is 1. The summed E-state index contributed by atoms with van der Waals surface area (Å²) in [5.74, 6) is -0.771. The lowest BCUT2D eigenvalue weighted by atomic mass is 10.1. The summed E-state index contributed by atoms with van der Waals surface area (Å²) in [7, 11) is 0. The average molecular weight is 516 g/mol. The molecule has 1 amide bonds. The molecule has 192 valence electrons. The van der Waals surface area contributed by atoms with Crippen LogP contribution < -0.4 is 15.8 Å². The number of rotatable bonds is 9. The lowest BCUT2D eigenvalue weighted by Gasteiger charge is -2.29. The maximum absolute atomic E-state index is 13.2. The van der Waals surface area contributed by atoms with E-state index >= 15 is 0 Å². The molecule has 2 aromatic heterocycles. The summed E-state index contributed by atoms with van der Waals surface area (Å²) >= 11 is 6.02. The SMILES string of the molecule is CCCCCn1c(N2C[C@@H](O)C[C@H]2C(=O)N[C@@H](C)C(=O)O)cc(=O)n2cc(-c3ccc(Cl)cc3)nc12. The Bertz CT molecular complexity index is 1320. The number of hydrogen-bond donors (Lipinski definition) is 3. The van der Waals surface area contributed by atoms with Gasteiger partial charge in [-0.2, -0.15) is 0 Å². The molecular formula is C25H30ClN5O5. The van der Waals surface area contributed by atoms with E-state index in [0.29, 0.717) is 28.9 Å². The van der Waals surface area contributed by atoms with E-state index in [9.17, 15) is 24.6 Å². The fourth-order valence-corrected chi connectivity index (χ4v) is 4.63. The zero-order valence-electron chi connectivity index (χ0n) is 20.2. The van der Waals surface area contributed by atoms with Crippen LogP contribution in [0.1, 0.15) is 39.5 Å². The van der Waals surface area contributed by atoms with Crippen molar-refractivity contribution in [1.82, 2.24) is 19.3 Å². The number of carbonyl (C=O) groups excluding carboxylic acids is 1. The molecule has 0 spiro atoms. The van der Waals surface area contributed by atoms with Crippen LogP contribution >= 0.6 is 11.6 Å². The van der Waals surface area contributed by atoms with E-state index in [0.717, 1.165) is 24.8 Å². The first-order chi connectivity index (χ1) is 17.2. The lowest BCUT2D eigenvalue weighted by molar-refractivity contribution is -0.141. The fraction of sp³-hybridized carbons (Fsp3) is 0.440. The molecule has 1 aliphatic heterocycles. The first-order valence-electron chi connectivity index (χ1n) is 12.1. The molecule has 0 bridgehead atoms. The van der Waals surface area contributed by atoms with E-state index in [1.165, 1.54) is 17.4 Å². The number of amides is 1. The topological polar surface area (TPSA) is 129 Å². The summed E-state index contributed by atoms with van der Waals surface area (Å²) in [6, 6.07) is 6.72. The number of hydrogen-bond acceptors (Lipinski definition) is 6. The first kappa shape index (κ1) is 25.7. The van der Waals surface area contributed by atoms with Gasteiger partial charge in [0.15, 0.2) is 0 Å². The molecular weight excluding hydrogens is 486 g/mol. The Kier molecular flexibility index (Phi) is 7.65. The molecule has 0 radical (unpaired) electrons. The summed E-state index contributed by atoms with van der Waals surface area (Å²) in [5.41, 5.74) is 1.09. The fourth-order valence-electron chi connectivity index (χ4n) is 4.50. The summed E-state index contributed by atoms with van der Waals surface area (Å²) in [5, 5.41) is 22.7. The Morgan fingerprint density at radius 2 is 1.97 bits per heavy atom. The molecule has 1 fully saturated rings. The predicted octanol–water partition coefficient (Wildman–Crippen LogP) is 2.54. The van der Waals surface area contributed by atoms with E-state index in [1.807, 2.05) is 16.7 Å². The van der Waals surface area contributed by atoms with Crippen LogP contribution in [0.3, 0.4) is 0 Å². The second kappa shape index (κ2) is 10.7. The van der Waals surface area contributed by atoms with Gasteiger partial charge in [-0.15, -0.1) is 0 Å². The van der Waals surface area contributed by atoms with Gasteiger partial charge in [0.25, 0.3) is 5.56 Å². The van der Waals surface area contributed by atoms with Crippen LogP contribution in [0.4, 0.5) is 5.82 Å². The molecule has 0 unspecified atom stereocenters. The third kappa shape index (κ3) is 5.24. The average Bonchev–Trinajstić information content (AvgIpc) is 3.45. The number of aliphatic hydroxyl groups is 1. The molecule has 3 aromatic rings. The summed E-state index contributed by atoms with van der Waals surface area (Å²) in [6.45, 7) is 4.16. The van der Waals surface area contributed by atoms with Crippen molar-refractivity contribution in [1.29, 1.82) is 0 Å². The second-order valence-corrected chi connectivity index (χ2v) is 9.57. The van der Waals surface area contributed by atoms with Crippen LogP contribution in [0.15, 0.2) is 41.3 Å². The smallest absolute Gasteiger partial charge is 0.325 e. The van der Waals surface area contributed by atoms with E-state index in [4.69, 9.17) is 16.6 Å². The number of aromatic nitrogens is 3. The highest BCUT2D eigenvalue weighted by molar-refractivity contribution is 6.30. The van der Waals surface area contributed by atoms with E-state index in [2.05, 4.69) is 12.2 Å². The van der Waals surface area contributed by atoms with Gasteiger partial charge in [-0.25, -0.2) is 4.98 Å². The molecule has 3 heterocycles. The molecule has 1 saturated heterocycles. The van der Waals surface area contributed by atoms with Gasteiger partial charge in [0.2, 0.25) is 11.7 Å². The van der Waals surface area contributed by atoms with Gasteiger partial charge in [-0.3, -0.25) is 23.4 Å². The highest BCUT2D eigenvalue weighted by Crippen LogP contribution is 2.28. The Labute approximate surface area is 213 Å². The number of imidazole rings is 1. The molecule has 4 rings (SSSR count). The number of carboxylic acids is 1. The Morgan fingerprint density at radius 1 is 1.25 bits per heavy atom. The van der Waals surface area contributed by atoms with Gasteiger partial charge in [0.1, 0.15) is 17.9 Å². The Balaban J connectivity index is 1.80. The quantitative estimate of drug-likeness (QED) is 0.373. The zero-order chi connectivity index (χ0) is 26.0. The molecule has 3 N–H and O–H groups in total. The lowest BCUT2D eigenvalue weighted by Crippen LogP contribution is -2.49. The van der Waals surface area contributed by atoms with E-state index in [-0.39, 0.29) is 18.5 Å². The number of unbranched alkanes of at least 4 members (excludes halogenated alkanes) is 2. The molecule has 11 heteroatoms. The summed E-state index contributed by atoms with van der Waals surface area (Å²) in [4.78, 5) is 43.9. The molecule has 36 heavy (non-hydrogen) atoms. The number of β-amino-alcohol motifs (C(OH)–C–C–N with tert-alkyl or cyclic N) is 1. The minimum atomic E-state index is -1.15. The molecule has 3 atom stereocenters. The van der Waals surface area contributed by atoms with Crippen molar-refractivity contribution in [2.24, 2.45) is 0 Å². The Hall–Kier alpha value is -3.37. The van der Waals surface area contributed by atoms with Crippen molar-refractivity contribution in [2.75, 3.05) is 11.4 Å². The first-order valence-corrected chi connectivity index (χ1v) is 12.4. The standard InChI is InChI=1S/C25H30ClN5O5/c1-3-4-5-10-29-21(30-13-18(32)11-20(30)23(34)27-15(2)24(35)36)12-22(33)31-14-19(28-25(29)31)16-6-8-17(26)9-7-16/h6-9,12,14-15,18,20,32H,3-5,10-11,13H2,1-2H3,(H,27,34)(H,35,36)/t15-,18-,20-/m0/s1. The summed E-state index contributed by atoms with van der Waals surface area (Å²) < 4.78 is 3.38.